The van der Waals surface area contributed by atoms with Gasteiger partial charge in [-0.25, -0.2) is 4.68 Å². The second-order valence-electron chi connectivity index (χ2n) is 3.91. The summed E-state index contributed by atoms with van der Waals surface area (Å²) < 4.78 is 2.74. The Kier molecular flexibility index (Phi) is 2.72. The molecule has 0 saturated carbocycles. The summed E-state index contributed by atoms with van der Waals surface area (Å²) in [5.41, 5.74) is 2.31. The average Bonchev–Trinajstić information content (AvgIpc) is 2.77. The van der Waals surface area contributed by atoms with Crippen molar-refractivity contribution in [3.05, 3.63) is 58.7 Å². The third kappa shape index (κ3) is 1.75. The van der Waals surface area contributed by atoms with Gasteiger partial charge in [-0.15, -0.1) is 0 Å². The molecule has 0 atom stereocenters. The maximum absolute atomic E-state index is 11.1. The fraction of sp³-hybridized carbons (Fsp3) is 0. The topological polar surface area (TPSA) is 34.9 Å². The van der Waals surface area contributed by atoms with Crippen LogP contribution >= 0.6 is 15.9 Å². The van der Waals surface area contributed by atoms with Crippen LogP contribution in [0.25, 0.3) is 16.6 Å². The second kappa shape index (κ2) is 4.38. The maximum Gasteiger partial charge on any atom is 0.170 e. The Labute approximate surface area is 112 Å². The van der Waals surface area contributed by atoms with Gasteiger partial charge < -0.3 is 0 Å². The summed E-state index contributed by atoms with van der Waals surface area (Å²) in [6, 6.07) is 15.5. The van der Waals surface area contributed by atoms with Crippen LogP contribution in [0.15, 0.2) is 53.0 Å². The molecule has 0 radical (unpaired) electrons. The van der Waals surface area contributed by atoms with Gasteiger partial charge in [0.2, 0.25) is 0 Å². The van der Waals surface area contributed by atoms with Gasteiger partial charge in [0.1, 0.15) is 5.69 Å². The molecular formula is C14H9BrN2O. The monoisotopic (exact) mass is 300 g/mol. The predicted molar refractivity (Wildman–Crippen MR) is 74.2 cm³/mol. The van der Waals surface area contributed by atoms with E-state index in [0.717, 1.165) is 27.3 Å². The summed E-state index contributed by atoms with van der Waals surface area (Å²) in [6.45, 7) is 0. The Morgan fingerprint density at radius 2 is 1.89 bits per heavy atom. The Morgan fingerprint density at radius 3 is 2.61 bits per heavy atom. The Balaban J connectivity index is 2.36. The molecule has 0 bridgehead atoms. The van der Waals surface area contributed by atoms with Crippen molar-refractivity contribution in [2.45, 2.75) is 0 Å². The highest BCUT2D eigenvalue weighted by molar-refractivity contribution is 9.10. The van der Waals surface area contributed by atoms with E-state index in [2.05, 4.69) is 21.0 Å². The first-order chi connectivity index (χ1) is 8.79. The number of carbonyl (C=O) groups excluding carboxylic acids is 1. The first-order valence-corrected chi connectivity index (χ1v) is 6.28. The third-order valence-electron chi connectivity index (χ3n) is 2.78. The van der Waals surface area contributed by atoms with Gasteiger partial charge in [-0.1, -0.05) is 34.1 Å². The maximum atomic E-state index is 11.1. The van der Waals surface area contributed by atoms with Crippen molar-refractivity contribution in [1.29, 1.82) is 0 Å². The molecule has 0 aliphatic rings. The van der Waals surface area contributed by atoms with E-state index in [0.29, 0.717) is 5.69 Å². The van der Waals surface area contributed by atoms with Crippen molar-refractivity contribution in [2.75, 3.05) is 0 Å². The van der Waals surface area contributed by atoms with Crippen LogP contribution in [0.1, 0.15) is 10.5 Å². The summed E-state index contributed by atoms with van der Waals surface area (Å²) in [5.74, 6) is 0. The zero-order valence-corrected chi connectivity index (χ0v) is 11.0. The van der Waals surface area contributed by atoms with Crippen molar-refractivity contribution in [1.82, 2.24) is 9.78 Å². The minimum atomic E-state index is 0.460. The lowest BCUT2D eigenvalue weighted by Gasteiger charge is -2.02. The molecule has 4 heteroatoms. The average molecular weight is 301 g/mol. The lowest BCUT2D eigenvalue weighted by molar-refractivity contribution is 0.112. The largest absolute Gasteiger partial charge is 0.296 e. The standard InChI is InChI=1S/C14H9BrN2O/c15-10-6-7-12-13(9-18)16-17(14(12)8-10)11-4-2-1-3-5-11/h1-9H. The van der Waals surface area contributed by atoms with Crippen LogP contribution in [-0.2, 0) is 0 Å². The second-order valence-corrected chi connectivity index (χ2v) is 4.83. The molecule has 18 heavy (non-hydrogen) atoms. The van der Waals surface area contributed by atoms with E-state index in [1.165, 1.54) is 0 Å². The summed E-state index contributed by atoms with van der Waals surface area (Å²) in [7, 11) is 0. The van der Waals surface area contributed by atoms with Crippen molar-refractivity contribution >= 4 is 33.1 Å². The van der Waals surface area contributed by atoms with Gasteiger partial charge in [0.05, 0.1) is 11.2 Å². The highest BCUT2D eigenvalue weighted by atomic mass is 79.9. The quantitative estimate of drug-likeness (QED) is 0.678. The summed E-state index contributed by atoms with van der Waals surface area (Å²) in [6.07, 6.45) is 0.787. The smallest absolute Gasteiger partial charge is 0.170 e. The number of carbonyl (C=O) groups is 1. The molecule has 0 saturated heterocycles. The SMILES string of the molecule is O=Cc1nn(-c2ccccc2)c2cc(Br)ccc12. The first-order valence-electron chi connectivity index (χ1n) is 5.48. The van der Waals surface area contributed by atoms with Gasteiger partial charge >= 0.3 is 0 Å². The Bertz CT molecular complexity index is 719. The summed E-state index contributed by atoms with van der Waals surface area (Å²) >= 11 is 3.44. The van der Waals surface area contributed by atoms with E-state index >= 15 is 0 Å². The van der Waals surface area contributed by atoms with Crippen LogP contribution in [-0.4, -0.2) is 16.1 Å². The molecule has 3 rings (SSSR count). The number of fused-ring (bicyclic) bond motifs is 1. The molecule has 0 unspecified atom stereocenters. The number of para-hydroxylation sites is 1. The van der Waals surface area contributed by atoms with Gasteiger partial charge in [0.15, 0.2) is 6.29 Å². The van der Waals surface area contributed by atoms with E-state index in [4.69, 9.17) is 0 Å². The highest BCUT2D eigenvalue weighted by Crippen LogP contribution is 2.24. The number of hydrogen-bond acceptors (Lipinski definition) is 2. The molecule has 0 aliphatic carbocycles. The van der Waals surface area contributed by atoms with Gasteiger partial charge in [-0.2, -0.15) is 5.10 Å². The molecule has 88 valence electrons. The van der Waals surface area contributed by atoms with E-state index in [1.54, 1.807) is 4.68 Å². The number of hydrogen-bond donors (Lipinski definition) is 0. The van der Waals surface area contributed by atoms with Gasteiger partial charge in [0.25, 0.3) is 0 Å². The molecule has 0 N–H and O–H groups in total. The van der Waals surface area contributed by atoms with Gasteiger partial charge in [0, 0.05) is 9.86 Å². The highest BCUT2D eigenvalue weighted by Gasteiger charge is 2.11. The molecule has 0 amide bonds. The molecule has 0 fully saturated rings. The van der Waals surface area contributed by atoms with Crippen LogP contribution in [0, 0.1) is 0 Å². The van der Waals surface area contributed by atoms with Gasteiger partial charge in [-0.3, -0.25) is 4.79 Å². The number of aromatic nitrogens is 2. The molecule has 3 nitrogen and oxygen atoms in total. The molecule has 0 spiro atoms. The Morgan fingerprint density at radius 1 is 1.11 bits per heavy atom. The van der Waals surface area contributed by atoms with Crippen LogP contribution < -0.4 is 0 Å². The lowest BCUT2D eigenvalue weighted by atomic mass is 10.2. The van der Waals surface area contributed by atoms with Crippen molar-refractivity contribution < 1.29 is 4.79 Å². The lowest BCUT2D eigenvalue weighted by Crippen LogP contribution is -1.96. The first kappa shape index (κ1) is 11.2. The summed E-state index contributed by atoms with van der Waals surface area (Å²) in [5, 5.41) is 5.21. The number of rotatable bonds is 2. The normalized spacial score (nSPS) is 10.7. The van der Waals surface area contributed by atoms with E-state index in [9.17, 15) is 4.79 Å². The Hall–Kier alpha value is -1.94. The molecule has 3 aromatic rings. The van der Waals surface area contributed by atoms with E-state index in [1.807, 2.05) is 48.5 Å². The zero-order valence-electron chi connectivity index (χ0n) is 9.38. The van der Waals surface area contributed by atoms with Crippen LogP contribution in [0.3, 0.4) is 0 Å². The van der Waals surface area contributed by atoms with Gasteiger partial charge in [-0.05, 0) is 30.3 Å². The van der Waals surface area contributed by atoms with E-state index < -0.39 is 0 Å². The minimum Gasteiger partial charge on any atom is -0.296 e. The fourth-order valence-corrected chi connectivity index (χ4v) is 2.31. The van der Waals surface area contributed by atoms with Crippen LogP contribution in [0.4, 0.5) is 0 Å². The zero-order chi connectivity index (χ0) is 12.5. The van der Waals surface area contributed by atoms with Crippen molar-refractivity contribution in [3.63, 3.8) is 0 Å². The number of benzene rings is 2. The van der Waals surface area contributed by atoms with Crippen molar-refractivity contribution in [3.8, 4) is 5.69 Å². The molecular weight excluding hydrogens is 292 g/mol. The number of halogens is 1. The molecule has 2 aromatic carbocycles. The van der Waals surface area contributed by atoms with Crippen molar-refractivity contribution in [2.24, 2.45) is 0 Å². The molecule has 1 aromatic heterocycles. The predicted octanol–water partition coefficient (Wildman–Crippen LogP) is 3.60. The fourth-order valence-electron chi connectivity index (χ4n) is 1.97. The molecule has 0 aliphatic heterocycles. The summed E-state index contributed by atoms with van der Waals surface area (Å²) in [4.78, 5) is 11.1. The van der Waals surface area contributed by atoms with Crippen LogP contribution in [0.2, 0.25) is 0 Å². The number of nitrogens with zero attached hydrogens (tertiary/aromatic N) is 2. The number of aldehydes is 1. The minimum absolute atomic E-state index is 0.460. The van der Waals surface area contributed by atoms with Crippen LogP contribution in [0.5, 0.6) is 0 Å². The molecule has 1 heterocycles. The third-order valence-corrected chi connectivity index (χ3v) is 3.28. The van der Waals surface area contributed by atoms with E-state index in [-0.39, 0.29) is 0 Å².